The van der Waals surface area contributed by atoms with E-state index in [1.807, 2.05) is 0 Å². The smallest absolute Gasteiger partial charge is 0.323 e. The van der Waals surface area contributed by atoms with Crippen LogP contribution in [0.15, 0.2) is 0 Å². The maximum absolute atomic E-state index is 11.2. The van der Waals surface area contributed by atoms with Crippen LogP contribution in [0.4, 0.5) is 0 Å². The Hall–Kier alpha value is -0.650. The summed E-state index contributed by atoms with van der Waals surface area (Å²) in [5.41, 5.74) is -0.824. The molecule has 2 N–H and O–H groups in total. The SMILES string of the molecule is CCN(CCCN(C)C)CCC(C)(NC)C(=O)O. The van der Waals surface area contributed by atoms with E-state index in [1.165, 1.54) is 0 Å². The lowest BCUT2D eigenvalue weighted by molar-refractivity contribution is -0.144. The summed E-state index contributed by atoms with van der Waals surface area (Å²) < 4.78 is 0. The Kier molecular flexibility index (Phi) is 8.15. The maximum Gasteiger partial charge on any atom is 0.323 e. The number of carbonyl (C=O) groups is 1. The Morgan fingerprint density at radius 2 is 1.89 bits per heavy atom. The van der Waals surface area contributed by atoms with E-state index in [-0.39, 0.29) is 0 Å². The predicted molar refractivity (Wildman–Crippen MR) is 75.0 cm³/mol. The Bertz CT molecular complexity index is 246. The average molecular weight is 259 g/mol. The van der Waals surface area contributed by atoms with Gasteiger partial charge < -0.3 is 20.2 Å². The molecule has 0 rings (SSSR count). The minimum atomic E-state index is -0.824. The average Bonchev–Trinajstić information content (AvgIpc) is 2.32. The van der Waals surface area contributed by atoms with Gasteiger partial charge in [-0.15, -0.1) is 0 Å². The molecule has 5 nitrogen and oxygen atoms in total. The summed E-state index contributed by atoms with van der Waals surface area (Å²) in [5, 5.41) is 12.1. The summed E-state index contributed by atoms with van der Waals surface area (Å²) in [6.45, 7) is 7.73. The van der Waals surface area contributed by atoms with Gasteiger partial charge in [0.25, 0.3) is 0 Å². The molecule has 0 radical (unpaired) electrons. The molecule has 0 amide bonds. The third kappa shape index (κ3) is 6.33. The number of hydrogen-bond acceptors (Lipinski definition) is 4. The fraction of sp³-hybridized carbons (Fsp3) is 0.923. The first-order valence-corrected chi connectivity index (χ1v) is 6.65. The van der Waals surface area contributed by atoms with Crippen molar-refractivity contribution in [3.05, 3.63) is 0 Å². The molecule has 0 saturated carbocycles. The number of rotatable bonds is 10. The molecule has 0 fully saturated rings. The lowest BCUT2D eigenvalue weighted by Gasteiger charge is -2.28. The Balaban J connectivity index is 4.09. The predicted octanol–water partition coefficient (Wildman–Crippen LogP) is 0.713. The second-order valence-electron chi connectivity index (χ2n) is 5.23. The van der Waals surface area contributed by atoms with Gasteiger partial charge in [-0.25, -0.2) is 0 Å². The first-order chi connectivity index (χ1) is 8.35. The van der Waals surface area contributed by atoms with Crippen molar-refractivity contribution < 1.29 is 9.90 Å². The van der Waals surface area contributed by atoms with Gasteiger partial charge in [0.1, 0.15) is 5.54 Å². The van der Waals surface area contributed by atoms with E-state index in [9.17, 15) is 9.90 Å². The van der Waals surface area contributed by atoms with Crippen molar-refractivity contribution in [2.75, 3.05) is 47.3 Å². The molecule has 0 aliphatic heterocycles. The van der Waals surface area contributed by atoms with Crippen LogP contribution in [0.1, 0.15) is 26.7 Å². The molecular weight excluding hydrogens is 230 g/mol. The van der Waals surface area contributed by atoms with Gasteiger partial charge in [0.05, 0.1) is 0 Å². The Morgan fingerprint density at radius 1 is 1.28 bits per heavy atom. The highest BCUT2D eigenvalue weighted by Gasteiger charge is 2.30. The van der Waals surface area contributed by atoms with Gasteiger partial charge in [-0.05, 0) is 60.5 Å². The van der Waals surface area contributed by atoms with Gasteiger partial charge in [0, 0.05) is 6.54 Å². The zero-order chi connectivity index (χ0) is 14.2. The monoisotopic (exact) mass is 259 g/mol. The van der Waals surface area contributed by atoms with Gasteiger partial charge in [-0.2, -0.15) is 0 Å². The number of nitrogens with zero attached hydrogens (tertiary/aromatic N) is 2. The highest BCUT2D eigenvalue weighted by atomic mass is 16.4. The third-order valence-electron chi connectivity index (χ3n) is 3.48. The number of hydrogen-bond donors (Lipinski definition) is 2. The van der Waals surface area contributed by atoms with Crippen LogP contribution in [0.3, 0.4) is 0 Å². The minimum absolute atomic E-state index is 0.620. The lowest BCUT2D eigenvalue weighted by Crippen LogP contribution is -2.49. The van der Waals surface area contributed by atoms with Gasteiger partial charge in [-0.3, -0.25) is 4.79 Å². The summed E-state index contributed by atoms with van der Waals surface area (Å²) in [6, 6.07) is 0. The van der Waals surface area contributed by atoms with E-state index in [0.717, 1.165) is 32.6 Å². The van der Waals surface area contributed by atoms with Crippen LogP contribution in [0, 0.1) is 0 Å². The van der Waals surface area contributed by atoms with E-state index >= 15 is 0 Å². The summed E-state index contributed by atoms with van der Waals surface area (Å²) in [7, 11) is 5.84. The van der Waals surface area contributed by atoms with Crippen molar-refractivity contribution in [3.63, 3.8) is 0 Å². The molecule has 1 atom stereocenters. The minimum Gasteiger partial charge on any atom is -0.480 e. The van der Waals surface area contributed by atoms with Crippen LogP contribution >= 0.6 is 0 Å². The molecule has 108 valence electrons. The molecule has 0 aromatic heterocycles. The molecule has 0 saturated heterocycles. The number of nitrogens with one attached hydrogen (secondary N) is 1. The van der Waals surface area contributed by atoms with Crippen LogP contribution in [0.25, 0.3) is 0 Å². The fourth-order valence-corrected chi connectivity index (χ4v) is 1.76. The quantitative estimate of drug-likeness (QED) is 0.605. The Morgan fingerprint density at radius 3 is 2.28 bits per heavy atom. The van der Waals surface area contributed by atoms with Crippen LogP contribution < -0.4 is 5.32 Å². The molecule has 0 spiro atoms. The van der Waals surface area contributed by atoms with Gasteiger partial charge in [-0.1, -0.05) is 6.92 Å². The zero-order valence-electron chi connectivity index (χ0n) is 12.5. The largest absolute Gasteiger partial charge is 0.480 e. The normalized spacial score (nSPS) is 15.1. The molecule has 18 heavy (non-hydrogen) atoms. The molecule has 0 heterocycles. The standard InChI is InChI=1S/C13H29N3O2/c1-6-16(10-7-9-15(4)5)11-8-13(2,14-3)12(17)18/h14H,6-11H2,1-5H3,(H,17,18). The number of likely N-dealkylation sites (N-methyl/N-ethyl adjacent to an activating group) is 1. The summed E-state index contributed by atoms with van der Waals surface area (Å²) in [6.07, 6.45) is 1.73. The molecule has 0 aliphatic carbocycles. The van der Waals surface area contributed by atoms with Crippen molar-refractivity contribution in [1.29, 1.82) is 0 Å². The summed E-state index contributed by atoms with van der Waals surface area (Å²) in [5.74, 6) is -0.783. The van der Waals surface area contributed by atoms with Crippen LogP contribution in [0.5, 0.6) is 0 Å². The highest BCUT2D eigenvalue weighted by Crippen LogP contribution is 2.10. The summed E-state index contributed by atoms with van der Waals surface area (Å²) >= 11 is 0. The van der Waals surface area contributed by atoms with Crippen LogP contribution in [-0.4, -0.2) is 73.7 Å². The van der Waals surface area contributed by atoms with Crippen LogP contribution in [-0.2, 0) is 4.79 Å². The van der Waals surface area contributed by atoms with E-state index in [2.05, 4.69) is 36.1 Å². The Labute approximate surface area is 111 Å². The lowest BCUT2D eigenvalue weighted by atomic mass is 9.98. The topological polar surface area (TPSA) is 55.8 Å². The van der Waals surface area contributed by atoms with Gasteiger partial charge in [0.15, 0.2) is 0 Å². The molecule has 5 heteroatoms. The first-order valence-electron chi connectivity index (χ1n) is 6.65. The number of carboxylic acid groups (broad SMARTS) is 1. The van der Waals surface area contributed by atoms with Gasteiger partial charge in [0.2, 0.25) is 0 Å². The fourth-order valence-electron chi connectivity index (χ4n) is 1.76. The molecule has 0 bridgehead atoms. The first kappa shape index (κ1) is 17.4. The van der Waals surface area contributed by atoms with Crippen molar-refractivity contribution in [2.45, 2.75) is 32.2 Å². The van der Waals surface area contributed by atoms with Crippen molar-refractivity contribution >= 4 is 5.97 Å². The maximum atomic E-state index is 11.2. The van der Waals surface area contributed by atoms with Gasteiger partial charge >= 0.3 is 5.97 Å². The van der Waals surface area contributed by atoms with Crippen LogP contribution in [0.2, 0.25) is 0 Å². The van der Waals surface area contributed by atoms with E-state index in [0.29, 0.717) is 6.42 Å². The molecule has 1 unspecified atom stereocenters. The number of aliphatic carboxylic acids is 1. The number of carboxylic acids is 1. The van der Waals surface area contributed by atoms with E-state index in [1.54, 1.807) is 14.0 Å². The van der Waals surface area contributed by atoms with Crippen molar-refractivity contribution in [2.24, 2.45) is 0 Å². The summed E-state index contributed by atoms with van der Waals surface area (Å²) in [4.78, 5) is 15.6. The highest BCUT2D eigenvalue weighted by molar-refractivity contribution is 5.78. The molecule has 0 aliphatic rings. The van der Waals surface area contributed by atoms with E-state index in [4.69, 9.17) is 0 Å². The van der Waals surface area contributed by atoms with Crippen molar-refractivity contribution in [3.8, 4) is 0 Å². The second-order valence-corrected chi connectivity index (χ2v) is 5.23. The second kappa shape index (κ2) is 8.45. The molecule has 0 aromatic carbocycles. The van der Waals surface area contributed by atoms with E-state index < -0.39 is 11.5 Å². The van der Waals surface area contributed by atoms with Crippen molar-refractivity contribution in [1.82, 2.24) is 15.1 Å². The third-order valence-corrected chi connectivity index (χ3v) is 3.48. The zero-order valence-corrected chi connectivity index (χ0v) is 12.5. The molecular formula is C13H29N3O2. The molecule has 0 aromatic rings.